The van der Waals surface area contributed by atoms with Crippen LogP contribution in [-0.2, 0) is 0 Å². The van der Waals surface area contributed by atoms with Crippen molar-refractivity contribution in [1.82, 2.24) is 0 Å². The SMILES string of the molecule is CCC(O)CCCCCCCCOc1ccc(/N=N/c2ccc(O)cc2)cc1. The third-order valence-corrected chi connectivity index (χ3v) is 4.64. The summed E-state index contributed by atoms with van der Waals surface area (Å²) in [6, 6.07) is 14.2. The maximum atomic E-state index is 9.51. The van der Waals surface area contributed by atoms with Gasteiger partial charge in [0, 0.05) is 0 Å². The zero-order chi connectivity index (χ0) is 20.0. The number of ether oxygens (including phenoxy) is 1. The third kappa shape index (κ3) is 9.00. The van der Waals surface area contributed by atoms with Crippen molar-refractivity contribution in [3.05, 3.63) is 48.5 Å². The Morgan fingerprint density at radius 3 is 1.93 bits per heavy atom. The van der Waals surface area contributed by atoms with Crippen LogP contribution in [0.3, 0.4) is 0 Å². The van der Waals surface area contributed by atoms with Crippen LogP contribution in [0.5, 0.6) is 11.5 Å². The minimum atomic E-state index is -0.117. The Kier molecular flexibility index (Phi) is 10.1. The van der Waals surface area contributed by atoms with E-state index in [1.165, 1.54) is 25.7 Å². The molecule has 1 unspecified atom stereocenters. The van der Waals surface area contributed by atoms with Crippen molar-refractivity contribution < 1.29 is 14.9 Å². The maximum Gasteiger partial charge on any atom is 0.119 e. The Hall–Kier alpha value is -2.40. The predicted molar refractivity (Wildman–Crippen MR) is 113 cm³/mol. The number of rotatable bonds is 13. The van der Waals surface area contributed by atoms with Crippen molar-refractivity contribution in [3.63, 3.8) is 0 Å². The van der Waals surface area contributed by atoms with E-state index < -0.39 is 0 Å². The van der Waals surface area contributed by atoms with E-state index in [-0.39, 0.29) is 11.9 Å². The number of nitrogens with zero attached hydrogens (tertiary/aromatic N) is 2. The van der Waals surface area contributed by atoms with Gasteiger partial charge in [-0.2, -0.15) is 10.2 Å². The monoisotopic (exact) mass is 384 g/mol. The number of azo groups is 1. The molecule has 0 amide bonds. The van der Waals surface area contributed by atoms with Crippen LogP contribution in [0.15, 0.2) is 58.8 Å². The van der Waals surface area contributed by atoms with Gasteiger partial charge >= 0.3 is 0 Å². The molecule has 0 radical (unpaired) electrons. The van der Waals surface area contributed by atoms with Crippen LogP contribution in [0, 0.1) is 0 Å². The molecule has 0 bridgehead atoms. The quantitative estimate of drug-likeness (QED) is 0.298. The summed E-state index contributed by atoms with van der Waals surface area (Å²) in [6.07, 6.45) is 8.70. The molecule has 2 N–H and O–H groups in total. The molecule has 2 aromatic rings. The van der Waals surface area contributed by atoms with Crippen molar-refractivity contribution in [1.29, 1.82) is 0 Å². The fourth-order valence-corrected chi connectivity index (χ4v) is 2.83. The molecule has 0 aliphatic heterocycles. The van der Waals surface area contributed by atoms with Crippen molar-refractivity contribution in [3.8, 4) is 11.5 Å². The van der Waals surface area contributed by atoms with Crippen LogP contribution in [0.1, 0.15) is 58.3 Å². The largest absolute Gasteiger partial charge is 0.508 e. The molecule has 0 aliphatic carbocycles. The first-order chi connectivity index (χ1) is 13.7. The van der Waals surface area contributed by atoms with Crippen LogP contribution in [0.4, 0.5) is 11.4 Å². The molecule has 0 spiro atoms. The summed E-state index contributed by atoms with van der Waals surface area (Å²) in [7, 11) is 0. The first-order valence-electron chi connectivity index (χ1n) is 10.3. The predicted octanol–water partition coefficient (Wildman–Crippen LogP) is 6.69. The summed E-state index contributed by atoms with van der Waals surface area (Å²) in [4.78, 5) is 0. The van der Waals surface area contributed by atoms with E-state index in [4.69, 9.17) is 4.74 Å². The molecule has 152 valence electrons. The van der Waals surface area contributed by atoms with Gasteiger partial charge in [0.1, 0.15) is 11.5 Å². The van der Waals surface area contributed by atoms with Crippen LogP contribution in [-0.4, -0.2) is 22.9 Å². The molecular formula is C23H32N2O3. The van der Waals surface area contributed by atoms with E-state index in [1.54, 1.807) is 24.3 Å². The zero-order valence-electron chi connectivity index (χ0n) is 16.8. The highest BCUT2D eigenvalue weighted by Gasteiger charge is 2.00. The normalized spacial score (nSPS) is 12.4. The number of hydrogen-bond acceptors (Lipinski definition) is 5. The number of aliphatic hydroxyl groups excluding tert-OH is 1. The lowest BCUT2D eigenvalue weighted by Gasteiger charge is -2.07. The lowest BCUT2D eigenvalue weighted by atomic mass is 10.1. The molecule has 28 heavy (non-hydrogen) atoms. The Bertz CT molecular complexity index is 684. The Labute approximate surface area is 168 Å². The van der Waals surface area contributed by atoms with E-state index in [1.807, 2.05) is 31.2 Å². The highest BCUT2D eigenvalue weighted by atomic mass is 16.5. The molecule has 0 heterocycles. The van der Waals surface area contributed by atoms with Gasteiger partial charge in [-0.05, 0) is 67.8 Å². The number of phenols is 1. The summed E-state index contributed by atoms with van der Waals surface area (Å²) in [5.74, 6) is 1.06. The summed E-state index contributed by atoms with van der Waals surface area (Å²) in [6.45, 7) is 2.75. The van der Waals surface area contributed by atoms with Gasteiger partial charge in [0.25, 0.3) is 0 Å². The van der Waals surface area contributed by atoms with E-state index in [0.29, 0.717) is 5.69 Å². The van der Waals surface area contributed by atoms with Gasteiger partial charge in [0.15, 0.2) is 0 Å². The van der Waals surface area contributed by atoms with E-state index in [2.05, 4.69) is 10.2 Å². The topological polar surface area (TPSA) is 74.4 Å². The molecule has 5 nitrogen and oxygen atoms in total. The standard InChI is InChI=1S/C23H32N2O3/c1-2-21(26)9-7-5-3-4-6-8-18-28-23-16-12-20(13-17-23)25-24-19-10-14-22(27)15-11-19/h10-17,21,26-27H,2-9,18H2,1H3/b25-24+. The highest BCUT2D eigenvalue weighted by molar-refractivity contribution is 5.43. The van der Waals surface area contributed by atoms with Crippen LogP contribution >= 0.6 is 0 Å². The molecular weight excluding hydrogens is 352 g/mol. The number of unbranched alkanes of at least 4 members (excludes halogenated alkanes) is 5. The second-order valence-corrected chi connectivity index (χ2v) is 7.03. The van der Waals surface area contributed by atoms with Gasteiger partial charge in [-0.1, -0.05) is 39.0 Å². The maximum absolute atomic E-state index is 9.51. The molecule has 0 aromatic heterocycles. The molecule has 1 atom stereocenters. The second-order valence-electron chi connectivity index (χ2n) is 7.03. The minimum Gasteiger partial charge on any atom is -0.508 e. The van der Waals surface area contributed by atoms with E-state index in [0.717, 1.165) is 43.7 Å². The zero-order valence-corrected chi connectivity index (χ0v) is 16.8. The molecule has 2 aromatic carbocycles. The van der Waals surface area contributed by atoms with Crippen molar-refractivity contribution >= 4 is 11.4 Å². The smallest absolute Gasteiger partial charge is 0.119 e. The van der Waals surface area contributed by atoms with Gasteiger partial charge in [-0.15, -0.1) is 0 Å². The summed E-state index contributed by atoms with van der Waals surface area (Å²) in [5.41, 5.74) is 1.45. The first-order valence-corrected chi connectivity index (χ1v) is 10.3. The van der Waals surface area contributed by atoms with E-state index in [9.17, 15) is 10.2 Å². The Morgan fingerprint density at radius 1 is 0.786 bits per heavy atom. The van der Waals surface area contributed by atoms with Crippen LogP contribution in [0.25, 0.3) is 0 Å². The van der Waals surface area contributed by atoms with Gasteiger partial charge in [-0.3, -0.25) is 0 Å². The minimum absolute atomic E-state index is 0.117. The fourth-order valence-electron chi connectivity index (χ4n) is 2.83. The number of aliphatic hydroxyl groups is 1. The lowest BCUT2D eigenvalue weighted by molar-refractivity contribution is 0.156. The number of aromatic hydroxyl groups is 1. The van der Waals surface area contributed by atoms with Gasteiger partial charge in [0.05, 0.1) is 24.1 Å². The van der Waals surface area contributed by atoms with Gasteiger partial charge in [-0.25, -0.2) is 0 Å². The Morgan fingerprint density at radius 2 is 1.32 bits per heavy atom. The average molecular weight is 385 g/mol. The van der Waals surface area contributed by atoms with Crippen LogP contribution in [0.2, 0.25) is 0 Å². The summed E-state index contributed by atoms with van der Waals surface area (Å²) in [5, 5.41) is 27.1. The molecule has 0 saturated carbocycles. The number of hydrogen-bond donors (Lipinski definition) is 2. The van der Waals surface area contributed by atoms with E-state index >= 15 is 0 Å². The number of benzene rings is 2. The van der Waals surface area contributed by atoms with Gasteiger partial charge in [0.2, 0.25) is 0 Å². The number of phenolic OH excluding ortho intramolecular Hbond substituents is 1. The molecule has 2 rings (SSSR count). The highest BCUT2D eigenvalue weighted by Crippen LogP contribution is 2.22. The molecule has 0 aliphatic rings. The molecule has 0 saturated heterocycles. The van der Waals surface area contributed by atoms with Crippen molar-refractivity contribution in [2.45, 2.75) is 64.4 Å². The molecule has 0 fully saturated rings. The molecule has 5 heteroatoms. The van der Waals surface area contributed by atoms with Crippen LogP contribution < -0.4 is 4.74 Å². The lowest BCUT2D eigenvalue weighted by Crippen LogP contribution is -2.03. The van der Waals surface area contributed by atoms with Gasteiger partial charge < -0.3 is 14.9 Å². The summed E-state index contributed by atoms with van der Waals surface area (Å²) >= 11 is 0. The fraction of sp³-hybridized carbons (Fsp3) is 0.478. The average Bonchev–Trinajstić information content (AvgIpc) is 2.72. The Balaban J connectivity index is 1.57. The second kappa shape index (κ2) is 12.9. The first kappa shape index (κ1) is 21.9. The third-order valence-electron chi connectivity index (χ3n) is 4.64. The summed E-state index contributed by atoms with van der Waals surface area (Å²) < 4.78 is 5.78. The van der Waals surface area contributed by atoms with Crippen molar-refractivity contribution in [2.75, 3.05) is 6.61 Å². The van der Waals surface area contributed by atoms with Crippen molar-refractivity contribution in [2.24, 2.45) is 10.2 Å².